The van der Waals surface area contributed by atoms with E-state index in [1.165, 1.54) is 18.5 Å². The second-order valence-corrected chi connectivity index (χ2v) is 5.74. The fourth-order valence-corrected chi connectivity index (χ4v) is 2.30. The maximum Gasteiger partial charge on any atom is 0.275 e. The van der Waals surface area contributed by atoms with E-state index in [0.717, 1.165) is 5.56 Å². The monoisotopic (exact) mass is 356 g/mol. The molecule has 1 amide bonds. The van der Waals surface area contributed by atoms with Crippen molar-refractivity contribution < 1.29 is 9.18 Å². The molecule has 0 aliphatic rings. The van der Waals surface area contributed by atoms with Crippen LogP contribution in [0.2, 0.25) is 5.02 Å². The summed E-state index contributed by atoms with van der Waals surface area (Å²) in [6, 6.07) is 11.4. The number of carbonyl (C=O) groups is 1. The standard InChI is InChI=1S/C18H14ClFN4O/c1-11-6-7-12(19)8-15(11)24-18(25)16-9-22-17(10-21-16)23-14-5-3-2-4-13(14)20/h2-10H,1H3,(H,22,23)(H,24,25). The third-order valence-electron chi connectivity index (χ3n) is 3.47. The molecule has 1 heterocycles. The van der Waals surface area contributed by atoms with Gasteiger partial charge in [0.2, 0.25) is 0 Å². The smallest absolute Gasteiger partial charge is 0.275 e. The Hall–Kier alpha value is -2.99. The number of hydrogen-bond donors (Lipinski definition) is 2. The molecule has 0 saturated carbocycles. The Morgan fingerprint density at radius 3 is 2.60 bits per heavy atom. The topological polar surface area (TPSA) is 66.9 Å². The Bertz CT molecular complexity index is 915. The van der Waals surface area contributed by atoms with E-state index < -0.39 is 11.7 Å². The van der Waals surface area contributed by atoms with E-state index in [4.69, 9.17) is 11.6 Å². The molecule has 2 aromatic carbocycles. The largest absolute Gasteiger partial charge is 0.337 e. The molecule has 0 saturated heterocycles. The van der Waals surface area contributed by atoms with Crippen molar-refractivity contribution in [2.24, 2.45) is 0 Å². The number of nitrogens with one attached hydrogen (secondary N) is 2. The van der Waals surface area contributed by atoms with E-state index in [9.17, 15) is 9.18 Å². The molecular formula is C18H14ClFN4O. The molecule has 126 valence electrons. The predicted octanol–water partition coefficient (Wildman–Crippen LogP) is 4.57. The molecule has 3 aromatic rings. The molecule has 0 bridgehead atoms. The molecule has 2 N–H and O–H groups in total. The van der Waals surface area contributed by atoms with Crippen LogP contribution >= 0.6 is 11.6 Å². The molecule has 1 aromatic heterocycles. The SMILES string of the molecule is Cc1ccc(Cl)cc1NC(=O)c1cnc(Nc2ccccc2F)cn1. The minimum atomic E-state index is -0.407. The fraction of sp³-hybridized carbons (Fsp3) is 0.0556. The van der Waals surface area contributed by atoms with E-state index in [0.29, 0.717) is 16.5 Å². The van der Waals surface area contributed by atoms with Gasteiger partial charge in [-0.1, -0.05) is 29.8 Å². The average molecular weight is 357 g/mol. The van der Waals surface area contributed by atoms with Gasteiger partial charge in [-0.15, -0.1) is 0 Å². The lowest BCUT2D eigenvalue weighted by molar-refractivity contribution is 0.102. The van der Waals surface area contributed by atoms with Crippen molar-refractivity contribution in [2.75, 3.05) is 10.6 Å². The summed E-state index contributed by atoms with van der Waals surface area (Å²) in [5, 5.41) is 6.07. The fourth-order valence-electron chi connectivity index (χ4n) is 2.13. The number of nitrogens with zero attached hydrogens (tertiary/aromatic N) is 2. The number of halogens is 2. The van der Waals surface area contributed by atoms with Gasteiger partial charge in [0.15, 0.2) is 0 Å². The number of para-hydroxylation sites is 1. The van der Waals surface area contributed by atoms with Crippen molar-refractivity contribution in [3.05, 3.63) is 77.0 Å². The first-order valence-electron chi connectivity index (χ1n) is 7.44. The van der Waals surface area contributed by atoms with E-state index >= 15 is 0 Å². The van der Waals surface area contributed by atoms with Crippen LogP contribution in [0.4, 0.5) is 21.6 Å². The highest BCUT2D eigenvalue weighted by Gasteiger charge is 2.11. The maximum absolute atomic E-state index is 13.6. The third-order valence-corrected chi connectivity index (χ3v) is 3.70. The van der Waals surface area contributed by atoms with Crippen LogP contribution in [0.15, 0.2) is 54.9 Å². The average Bonchev–Trinajstić information content (AvgIpc) is 2.61. The maximum atomic E-state index is 13.6. The van der Waals surface area contributed by atoms with Crippen LogP contribution in [-0.4, -0.2) is 15.9 Å². The Kier molecular flexibility index (Phi) is 4.90. The number of aryl methyl sites for hydroxylation is 1. The van der Waals surface area contributed by atoms with E-state index in [1.54, 1.807) is 30.3 Å². The molecule has 0 radical (unpaired) electrons. The van der Waals surface area contributed by atoms with Gasteiger partial charge >= 0.3 is 0 Å². The van der Waals surface area contributed by atoms with Crippen molar-refractivity contribution >= 4 is 34.7 Å². The zero-order valence-corrected chi connectivity index (χ0v) is 14.0. The Balaban J connectivity index is 1.72. The molecule has 0 fully saturated rings. The molecule has 0 atom stereocenters. The van der Waals surface area contributed by atoms with Gasteiger partial charge in [-0.2, -0.15) is 0 Å². The van der Waals surface area contributed by atoms with Crippen molar-refractivity contribution in [2.45, 2.75) is 6.92 Å². The number of benzene rings is 2. The van der Waals surface area contributed by atoms with Crippen LogP contribution in [0.1, 0.15) is 16.1 Å². The van der Waals surface area contributed by atoms with Crippen molar-refractivity contribution in [1.29, 1.82) is 0 Å². The van der Waals surface area contributed by atoms with Gasteiger partial charge in [0.25, 0.3) is 5.91 Å². The number of amides is 1. The van der Waals surface area contributed by atoms with Gasteiger partial charge < -0.3 is 10.6 Å². The summed E-state index contributed by atoms with van der Waals surface area (Å²) >= 11 is 5.94. The highest BCUT2D eigenvalue weighted by molar-refractivity contribution is 6.31. The zero-order chi connectivity index (χ0) is 17.8. The molecule has 0 unspecified atom stereocenters. The molecule has 0 aliphatic heterocycles. The van der Waals surface area contributed by atoms with E-state index in [2.05, 4.69) is 20.6 Å². The van der Waals surface area contributed by atoms with Gasteiger partial charge in [0.05, 0.1) is 18.1 Å². The van der Waals surface area contributed by atoms with Gasteiger partial charge in [-0.25, -0.2) is 14.4 Å². The van der Waals surface area contributed by atoms with Gasteiger partial charge in [0, 0.05) is 10.7 Å². The van der Waals surface area contributed by atoms with E-state index in [-0.39, 0.29) is 11.4 Å². The second-order valence-electron chi connectivity index (χ2n) is 5.31. The van der Waals surface area contributed by atoms with Crippen molar-refractivity contribution in [3.8, 4) is 0 Å². The van der Waals surface area contributed by atoms with E-state index in [1.807, 2.05) is 13.0 Å². The lowest BCUT2D eigenvalue weighted by Crippen LogP contribution is -2.15. The first-order valence-corrected chi connectivity index (χ1v) is 7.82. The quantitative estimate of drug-likeness (QED) is 0.718. The summed E-state index contributed by atoms with van der Waals surface area (Å²) in [5.74, 6) is -0.474. The molecule has 0 spiro atoms. The summed E-state index contributed by atoms with van der Waals surface area (Å²) < 4.78 is 13.6. The number of rotatable bonds is 4. The van der Waals surface area contributed by atoms with Crippen LogP contribution in [-0.2, 0) is 0 Å². The first-order chi connectivity index (χ1) is 12.0. The Labute approximate surface area is 148 Å². The van der Waals surface area contributed by atoms with Crippen LogP contribution in [0.5, 0.6) is 0 Å². The summed E-state index contributed by atoms with van der Waals surface area (Å²) in [7, 11) is 0. The molecule has 0 aliphatic carbocycles. The third kappa shape index (κ3) is 4.10. The summed E-state index contributed by atoms with van der Waals surface area (Å²) in [4.78, 5) is 20.4. The lowest BCUT2D eigenvalue weighted by atomic mass is 10.2. The summed E-state index contributed by atoms with van der Waals surface area (Å²) in [6.45, 7) is 1.86. The van der Waals surface area contributed by atoms with Crippen molar-refractivity contribution in [1.82, 2.24) is 9.97 Å². The van der Waals surface area contributed by atoms with Crippen LogP contribution in [0.25, 0.3) is 0 Å². The number of hydrogen-bond acceptors (Lipinski definition) is 4. The highest BCUT2D eigenvalue weighted by Crippen LogP contribution is 2.21. The Morgan fingerprint density at radius 1 is 1.08 bits per heavy atom. The normalized spacial score (nSPS) is 10.4. The van der Waals surface area contributed by atoms with Crippen LogP contribution in [0, 0.1) is 12.7 Å². The molecule has 7 heteroatoms. The number of aromatic nitrogens is 2. The van der Waals surface area contributed by atoms with Gasteiger partial charge in [0.1, 0.15) is 17.3 Å². The predicted molar refractivity (Wildman–Crippen MR) is 95.9 cm³/mol. The van der Waals surface area contributed by atoms with Crippen molar-refractivity contribution in [3.63, 3.8) is 0 Å². The lowest BCUT2D eigenvalue weighted by Gasteiger charge is -2.09. The highest BCUT2D eigenvalue weighted by atomic mass is 35.5. The summed E-state index contributed by atoms with van der Waals surface area (Å²) in [5.41, 5.74) is 1.90. The Morgan fingerprint density at radius 2 is 1.88 bits per heavy atom. The molecular weight excluding hydrogens is 343 g/mol. The molecule has 3 rings (SSSR count). The van der Waals surface area contributed by atoms with Gasteiger partial charge in [-0.05, 0) is 36.8 Å². The van der Waals surface area contributed by atoms with Gasteiger partial charge in [-0.3, -0.25) is 4.79 Å². The molecule has 25 heavy (non-hydrogen) atoms. The first kappa shape index (κ1) is 16.9. The zero-order valence-electron chi connectivity index (χ0n) is 13.3. The second kappa shape index (κ2) is 7.27. The minimum absolute atomic E-state index is 0.137. The molecule has 5 nitrogen and oxygen atoms in total. The van der Waals surface area contributed by atoms with Crippen LogP contribution < -0.4 is 10.6 Å². The minimum Gasteiger partial charge on any atom is -0.337 e. The number of carbonyl (C=O) groups excluding carboxylic acids is 1. The summed E-state index contributed by atoms with van der Waals surface area (Å²) in [6.07, 6.45) is 2.69. The van der Waals surface area contributed by atoms with Crippen LogP contribution in [0.3, 0.4) is 0 Å². The number of anilines is 3.